The third-order valence-electron chi connectivity index (χ3n) is 3.31. The van der Waals surface area contributed by atoms with Crippen LogP contribution in [0.1, 0.15) is 42.5 Å². The Morgan fingerprint density at radius 2 is 1.79 bits per heavy atom. The van der Waals surface area contributed by atoms with Crippen LogP contribution in [0, 0.1) is 0 Å². The molecular formula is C15H19NO2S. The molecule has 1 aromatic carbocycles. The number of carbonyl (C=O) groups is 2. The molecule has 0 aromatic heterocycles. The molecule has 1 amide bonds. The van der Waals surface area contributed by atoms with E-state index in [4.69, 9.17) is 0 Å². The summed E-state index contributed by atoms with van der Waals surface area (Å²) in [7, 11) is 0. The van der Waals surface area contributed by atoms with Crippen LogP contribution in [-0.2, 0) is 4.79 Å². The van der Waals surface area contributed by atoms with Gasteiger partial charge in [-0.1, -0.05) is 61.4 Å². The smallest absolute Gasteiger partial charge is 0.230 e. The van der Waals surface area contributed by atoms with Crippen LogP contribution in [0.25, 0.3) is 0 Å². The molecule has 0 unspecified atom stereocenters. The number of hydrogen-bond acceptors (Lipinski definition) is 3. The Kier molecular flexibility index (Phi) is 5.45. The van der Waals surface area contributed by atoms with E-state index in [9.17, 15) is 9.59 Å². The van der Waals surface area contributed by atoms with Crippen LogP contribution < -0.4 is 5.32 Å². The van der Waals surface area contributed by atoms with Crippen LogP contribution in [0.3, 0.4) is 0 Å². The fourth-order valence-electron chi connectivity index (χ4n) is 2.30. The highest BCUT2D eigenvalue weighted by Crippen LogP contribution is 2.18. The normalized spacial score (nSPS) is 16.0. The van der Waals surface area contributed by atoms with Gasteiger partial charge in [-0.25, -0.2) is 0 Å². The van der Waals surface area contributed by atoms with E-state index in [1.54, 1.807) is 12.1 Å². The third kappa shape index (κ3) is 4.71. The molecule has 2 rings (SSSR count). The van der Waals surface area contributed by atoms with Crippen LogP contribution in [-0.4, -0.2) is 22.8 Å². The average Bonchev–Trinajstić information content (AvgIpc) is 2.47. The van der Waals surface area contributed by atoms with Gasteiger partial charge in [-0.05, 0) is 12.8 Å². The summed E-state index contributed by atoms with van der Waals surface area (Å²) in [6.45, 7) is 0. The molecule has 102 valence electrons. The Morgan fingerprint density at radius 3 is 2.47 bits per heavy atom. The van der Waals surface area contributed by atoms with Crippen LogP contribution in [0.5, 0.6) is 0 Å². The second-order valence-electron chi connectivity index (χ2n) is 4.84. The van der Waals surface area contributed by atoms with Crippen LogP contribution in [0.4, 0.5) is 0 Å². The van der Waals surface area contributed by atoms with Gasteiger partial charge >= 0.3 is 0 Å². The Morgan fingerprint density at radius 1 is 1.11 bits per heavy atom. The van der Waals surface area contributed by atoms with Gasteiger partial charge in [0.05, 0.1) is 5.75 Å². The molecule has 0 atom stereocenters. The second-order valence-corrected chi connectivity index (χ2v) is 5.79. The predicted octanol–water partition coefficient (Wildman–Crippen LogP) is 3.01. The maximum Gasteiger partial charge on any atom is 0.230 e. The lowest BCUT2D eigenvalue weighted by atomic mass is 9.95. The van der Waals surface area contributed by atoms with Gasteiger partial charge < -0.3 is 5.32 Å². The van der Waals surface area contributed by atoms with Crippen molar-refractivity contribution in [1.82, 2.24) is 5.32 Å². The Bertz CT molecular complexity index is 427. The number of rotatable bonds is 4. The minimum atomic E-state index is -0.0422. The summed E-state index contributed by atoms with van der Waals surface area (Å²) >= 11 is 1.08. The summed E-state index contributed by atoms with van der Waals surface area (Å²) in [6, 6.07) is 9.39. The van der Waals surface area contributed by atoms with E-state index in [2.05, 4.69) is 5.32 Å². The quantitative estimate of drug-likeness (QED) is 0.920. The van der Waals surface area contributed by atoms with Crippen molar-refractivity contribution >= 4 is 22.8 Å². The van der Waals surface area contributed by atoms with E-state index in [0.29, 0.717) is 11.6 Å². The first-order chi connectivity index (χ1) is 9.25. The monoisotopic (exact) mass is 277 g/mol. The van der Waals surface area contributed by atoms with E-state index in [0.717, 1.165) is 24.6 Å². The number of nitrogens with one attached hydrogen (secondary N) is 1. The lowest BCUT2D eigenvalue weighted by molar-refractivity contribution is -0.119. The molecule has 1 saturated carbocycles. The van der Waals surface area contributed by atoms with Gasteiger partial charge in [-0.3, -0.25) is 9.59 Å². The van der Waals surface area contributed by atoms with Gasteiger partial charge in [-0.2, -0.15) is 0 Å². The third-order valence-corrected chi connectivity index (χ3v) is 4.22. The van der Waals surface area contributed by atoms with Crippen LogP contribution in [0.2, 0.25) is 0 Å². The SMILES string of the molecule is O=C(CSC(=O)c1ccccc1)NC1CCCCC1. The summed E-state index contributed by atoms with van der Waals surface area (Å²) < 4.78 is 0. The molecule has 1 aliphatic rings. The summed E-state index contributed by atoms with van der Waals surface area (Å²) in [6.07, 6.45) is 5.81. The molecule has 19 heavy (non-hydrogen) atoms. The summed E-state index contributed by atoms with van der Waals surface area (Å²) in [5, 5.41) is 2.97. The molecular weight excluding hydrogens is 258 g/mol. The molecule has 0 radical (unpaired) electrons. The topological polar surface area (TPSA) is 46.2 Å². The van der Waals surface area contributed by atoms with Crippen molar-refractivity contribution < 1.29 is 9.59 Å². The standard InChI is InChI=1S/C15H19NO2S/c17-14(16-13-9-5-2-6-10-13)11-19-15(18)12-7-3-1-4-8-12/h1,3-4,7-8,13H,2,5-6,9-11H2,(H,16,17). The first kappa shape index (κ1) is 14.1. The predicted molar refractivity (Wildman–Crippen MR) is 78.2 cm³/mol. The Labute approximate surface area is 118 Å². The lowest BCUT2D eigenvalue weighted by Gasteiger charge is -2.22. The zero-order valence-corrected chi connectivity index (χ0v) is 11.7. The van der Waals surface area contributed by atoms with Crippen molar-refractivity contribution in [2.45, 2.75) is 38.1 Å². The summed E-state index contributed by atoms with van der Waals surface area (Å²) in [5.74, 6) is 0.186. The van der Waals surface area contributed by atoms with Gasteiger partial charge in [0.2, 0.25) is 11.0 Å². The number of thioether (sulfide) groups is 1. The Hall–Kier alpha value is -1.29. The van der Waals surface area contributed by atoms with Crippen molar-refractivity contribution in [1.29, 1.82) is 0 Å². The van der Waals surface area contributed by atoms with E-state index in [-0.39, 0.29) is 16.8 Å². The highest BCUT2D eigenvalue weighted by atomic mass is 32.2. The Balaban J connectivity index is 1.72. The minimum Gasteiger partial charge on any atom is -0.353 e. The molecule has 0 aliphatic heterocycles. The van der Waals surface area contributed by atoms with E-state index >= 15 is 0 Å². The van der Waals surface area contributed by atoms with Crippen molar-refractivity contribution in [3.8, 4) is 0 Å². The van der Waals surface area contributed by atoms with E-state index in [1.807, 2.05) is 18.2 Å². The average molecular weight is 277 g/mol. The second kappa shape index (κ2) is 7.34. The molecule has 0 bridgehead atoms. The maximum absolute atomic E-state index is 11.8. The van der Waals surface area contributed by atoms with Crippen molar-refractivity contribution in [3.63, 3.8) is 0 Å². The zero-order chi connectivity index (χ0) is 13.5. The molecule has 1 fully saturated rings. The molecule has 3 nitrogen and oxygen atoms in total. The number of amides is 1. The molecule has 1 aliphatic carbocycles. The number of carbonyl (C=O) groups excluding carboxylic acids is 2. The maximum atomic E-state index is 11.8. The highest BCUT2D eigenvalue weighted by Gasteiger charge is 2.16. The van der Waals surface area contributed by atoms with Crippen molar-refractivity contribution in [2.75, 3.05) is 5.75 Å². The van der Waals surface area contributed by atoms with Gasteiger partial charge in [0.1, 0.15) is 0 Å². The van der Waals surface area contributed by atoms with E-state index in [1.165, 1.54) is 19.3 Å². The van der Waals surface area contributed by atoms with Gasteiger partial charge in [0.15, 0.2) is 0 Å². The van der Waals surface area contributed by atoms with Gasteiger partial charge in [0, 0.05) is 11.6 Å². The number of benzene rings is 1. The fraction of sp³-hybridized carbons (Fsp3) is 0.467. The highest BCUT2D eigenvalue weighted by molar-refractivity contribution is 8.14. The molecule has 4 heteroatoms. The fourth-order valence-corrected chi connectivity index (χ4v) is 2.95. The van der Waals surface area contributed by atoms with Gasteiger partial charge in [-0.15, -0.1) is 0 Å². The van der Waals surface area contributed by atoms with Gasteiger partial charge in [0.25, 0.3) is 0 Å². The molecule has 0 heterocycles. The first-order valence-corrected chi connectivity index (χ1v) is 7.76. The molecule has 1 N–H and O–H groups in total. The summed E-state index contributed by atoms with van der Waals surface area (Å²) in [5.41, 5.74) is 0.651. The minimum absolute atomic E-state index is 0.0267. The summed E-state index contributed by atoms with van der Waals surface area (Å²) in [4.78, 5) is 23.6. The van der Waals surface area contributed by atoms with Crippen LogP contribution in [0.15, 0.2) is 30.3 Å². The zero-order valence-electron chi connectivity index (χ0n) is 10.9. The number of hydrogen-bond donors (Lipinski definition) is 1. The van der Waals surface area contributed by atoms with E-state index < -0.39 is 0 Å². The lowest BCUT2D eigenvalue weighted by Crippen LogP contribution is -2.37. The molecule has 0 saturated heterocycles. The molecule has 1 aromatic rings. The van der Waals surface area contributed by atoms with Crippen molar-refractivity contribution in [2.24, 2.45) is 0 Å². The van der Waals surface area contributed by atoms with Crippen molar-refractivity contribution in [3.05, 3.63) is 35.9 Å². The van der Waals surface area contributed by atoms with Crippen LogP contribution >= 0.6 is 11.8 Å². The molecule has 0 spiro atoms. The largest absolute Gasteiger partial charge is 0.353 e. The first-order valence-electron chi connectivity index (χ1n) is 6.77.